The van der Waals surface area contributed by atoms with Crippen LogP contribution < -0.4 is 9.62 Å². The highest BCUT2D eigenvalue weighted by Crippen LogP contribution is 2.30. The molecule has 8 heteroatoms. The van der Waals surface area contributed by atoms with E-state index in [0.29, 0.717) is 9.77 Å². The number of anilines is 1. The van der Waals surface area contributed by atoms with Gasteiger partial charge in [0.2, 0.25) is 0 Å². The van der Waals surface area contributed by atoms with Gasteiger partial charge in [0.15, 0.2) is 0 Å². The number of rotatable bonds is 6. The van der Waals surface area contributed by atoms with Crippen molar-refractivity contribution in [3.05, 3.63) is 46.6 Å². The number of likely N-dealkylation sites (N-methyl/N-ethyl adjacent to an activating group) is 1. The van der Waals surface area contributed by atoms with Gasteiger partial charge in [0.05, 0.1) is 0 Å². The molecule has 1 N–H and O–H groups in total. The Balaban J connectivity index is 1.85. The molecule has 148 valence electrons. The highest BCUT2D eigenvalue weighted by atomic mass is 32.2. The van der Waals surface area contributed by atoms with E-state index in [-0.39, 0.29) is 5.82 Å². The molecule has 27 heavy (non-hydrogen) atoms. The third-order valence-corrected chi connectivity index (χ3v) is 8.14. The molecule has 1 aromatic carbocycles. The molecule has 1 saturated heterocycles. The van der Waals surface area contributed by atoms with E-state index in [1.165, 1.54) is 23.5 Å². The third-order valence-electron chi connectivity index (χ3n) is 4.88. The Labute approximate surface area is 164 Å². The van der Waals surface area contributed by atoms with Crippen molar-refractivity contribution in [1.82, 2.24) is 9.62 Å². The number of hydrogen-bond donors (Lipinski definition) is 1. The Hall–Kier alpha value is -1.48. The summed E-state index contributed by atoms with van der Waals surface area (Å²) in [6.07, 6.45) is 0.799. The van der Waals surface area contributed by atoms with Crippen LogP contribution in [0.5, 0.6) is 0 Å². The van der Waals surface area contributed by atoms with Gasteiger partial charge in [-0.1, -0.05) is 6.92 Å². The normalized spacial score (nSPS) is 17.3. The summed E-state index contributed by atoms with van der Waals surface area (Å²) in [4.78, 5) is 5.46. The van der Waals surface area contributed by atoms with Crippen molar-refractivity contribution in [3.63, 3.8) is 0 Å². The van der Waals surface area contributed by atoms with Crippen LogP contribution in [0.1, 0.15) is 30.3 Å². The summed E-state index contributed by atoms with van der Waals surface area (Å²) in [5, 5.41) is 0. The zero-order chi connectivity index (χ0) is 19.6. The van der Waals surface area contributed by atoms with Crippen molar-refractivity contribution in [3.8, 4) is 0 Å². The minimum atomic E-state index is -3.65. The van der Waals surface area contributed by atoms with E-state index in [2.05, 4.69) is 21.6 Å². The quantitative estimate of drug-likeness (QED) is 0.793. The molecule has 0 aliphatic carbocycles. The van der Waals surface area contributed by atoms with Crippen LogP contribution in [0.3, 0.4) is 0 Å². The number of thiophene rings is 1. The molecule has 1 unspecified atom stereocenters. The fourth-order valence-electron chi connectivity index (χ4n) is 3.25. The number of hydrogen-bond acceptors (Lipinski definition) is 5. The van der Waals surface area contributed by atoms with Crippen LogP contribution >= 0.6 is 11.3 Å². The predicted molar refractivity (Wildman–Crippen MR) is 109 cm³/mol. The van der Waals surface area contributed by atoms with Crippen molar-refractivity contribution in [2.24, 2.45) is 0 Å². The number of aryl methyl sites for hydroxylation is 1. The second-order valence-electron chi connectivity index (χ2n) is 6.91. The van der Waals surface area contributed by atoms with E-state index in [4.69, 9.17) is 0 Å². The topological polar surface area (TPSA) is 52.7 Å². The maximum atomic E-state index is 13.9. The Morgan fingerprint density at radius 2 is 1.89 bits per heavy atom. The van der Waals surface area contributed by atoms with Crippen molar-refractivity contribution < 1.29 is 12.8 Å². The lowest BCUT2D eigenvalue weighted by molar-refractivity contribution is 0.312. The second-order valence-corrected chi connectivity index (χ2v) is 10.0. The molecule has 2 heterocycles. The van der Waals surface area contributed by atoms with Crippen molar-refractivity contribution in [1.29, 1.82) is 0 Å². The van der Waals surface area contributed by atoms with E-state index >= 15 is 0 Å². The average Bonchev–Trinajstić information content (AvgIpc) is 3.12. The summed E-state index contributed by atoms with van der Waals surface area (Å²) >= 11 is 1.27. The molecule has 0 saturated carbocycles. The molecular weight excluding hydrogens is 385 g/mol. The summed E-state index contributed by atoms with van der Waals surface area (Å²) in [5.74, 6) is -0.363. The zero-order valence-corrected chi connectivity index (χ0v) is 17.5. The molecule has 0 amide bonds. The number of benzene rings is 1. The van der Waals surface area contributed by atoms with Crippen LogP contribution in [-0.2, 0) is 16.4 Å². The lowest BCUT2D eigenvalue weighted by Gasteiger charge is -2.36. The molecule has 0 radical (unpaired) electrons. The molecule has 1 aromatic heterocycles. The highest BCUT2D eigenvalue weighted by Gasteiger charge is 2.24. The first kappa shape index (κ1) is 20.3. The summed E-state index contributed by atoms with van der Waals surface area (Å²) < 4.78 is 42.4. The van der Waals surface area contributed by atoms with Gasteiger partial charge in [-0.25, -0.2) is 17.5 Å². The number of piperazine rings is 1. The smallest absolute Gasteiger partial charge is 0.250 e. The fraction of sp³-hybridized carbons (Fsp3) is 0.474. The molecule has 0 bridgehead atoms. The third kappa shape index (κ3) is 4.68. The molecule has 2 aromatic rings. The maximum Gasteiger partial charge on any atom is 0.250 e. The van der Waals surface area contributed by atoms with E-state index in [9.17, 15) is 12.8 Å². The highest BCUT2D eigenvalue weighted by molar-refractivity contribution is 7.91. The summed E-state index contributed by atoms with van der Waals surface area (Å²) in [6, 6.07) is 7.55. The van der Waals surface area contributed by atoms with Crippen LogP contribution in [0.2, 0.25) is 0 Å². The SMILES string of the molecule is CCc1ccc(S(=O)(=O)NC(C)c2cc(F)ccc2N2CCN(C)CC2)s1. The van der Waals surface area contributed by atoms with Crippen LogP contribution in [0.15, 0.2) is 34.5 Å². The van der Waals surface area contributed by atoms with Crippen molar-refractivity contribution in [2.45, 2.75) is 30.5 Å². The maximum absolute atomic E-state index is 13.9. The number of sulfonamides is 1. The fourth-order valence-corrected chi connectivity index (χ4v) is 5.79. The predicted octanol–water partition coefficient (Wildman–Crippen LogP) is 3.24. The van der Waals surface area contributed by atoms with E-state index in [1.807, 2.05) is 13.0 Å². The van der Waals surface area contributed by atoms with Gasteiger partial charge in [-0.2, -0.15) is 0 Å². The zero-order valence-electron chi connectivity index (χ0n) is 15.9. The van der Waals surface area contributed by atoms with Crippen LogP contribution in [0, 0.1) is 5.82 Å². The van der Waals surface area contributed by atoms with Gasteiger partial charge >= 0.3 is 0 Å². The van der Waals surface area contributed by atoms with Crippen LogP contribution in [0.25, 0.3) is 0 Å². The van der Waals surface area contributed by atoms with Crippen LogP contribution in [0.4, 0.5) is 10.1 Å². The van der Waals surface area contributed by atoms with Gasteiger partial charge in [0.1, 0.15) is 10.0 Å². The van der Waals surface area contributed by atoms with Crippen LogP contribution in [-0.4, -0.2) is 46.5 Å². The molecule has 5 nitrogen and oxygen atoms in total. The Bertz CT molecular complexity index is 890. The summed E-state index contributed by atoms with van der Waals surface area (Å²) in [7, 11) is -1.57. The summed E-state index contributed by atoms with van der Waals surface area (Å²) in [5.41, 5.74) is 1.55. The van der Waals surface area contributed by atoms with Gasteiger partial charge in [-0.3, -0.25) is 0 Å². The molecular formula is C19H26FN3O2S2. The lowest BCUT2D eigenvalue weighted by Crippen LogP contribution is -2.45. The Morgan fingerprint density at radius 3 is 2.52 bits per heavy atom. The van der Waals surface area contributed by atoms with Gasteiger partial charge in [0.25, 0.3) is 10.0 Å². The number of nitrogens with zero attached hydrogens (tertiary/aromatic N) is 2. The largest absolute Gasteiger partial charge is 0.369 e. The molecule has 1 aliphatic rings. The Morgan fingerprint density at radius 1 is 1.19 bits per heavy atom. The van der Waals surface area contributed by atoms with E-state index < -0.39 is 16.1 Å². The monoisotopic (exact) mass is 411 g/mol. The van der Waals surface area contributed by atoms with Gasteiger partial charge in [-0.05, 0) is 56.3 Å². The second kappa shape index (κ2) is 8.26. The van der Waals surface area contributed by atoms with E-state index in [0.717, 1.165) is 43.2 Å². The summed E-state index contributed by atoms with van der Waals surface area (Å²) in [6.45, 7) is 7.27. The molecule has 1 fully saturated rings. The minimum Gasteiger partial charge on any atom is -0.369 e. The van der Waals surface area contributed by atoms with Gasteiger partial charge < -0.3 is 9.80 Å². The van der Waals surface area contributed by atoms with Gasteiger partial charge in [0, 0.05) is 42.8 Å². The first-order valence-electron chi connectivity index (χ1n) is 9.14. The first-order chi connectivity index (χ1) is 12.8. The number of halogens is 1. The number of nitrogens with one attached hydrogen (secondary N) is 1. The minimum absolute atomic E-state index is 0.295. The first-order valence-corrected chi connectivity index (χ1v) is 11.4. The van der Waals surface area contributed by atoms with Crippen molar-refractivity contribution >= 4 is 27.0 Å². The molecule has 1 aliphatic heterocycles. The van der Waals surface area contributed by atoms with Crippen molar-refractivity contribution in [2.75, 3.05) is 38.1 Å². The Kier molecular flexibility index (Phi) is 6.20. The lowest BCUT2D eigenvalue weighted by atomic mass is 10.0. The van der Waals surface area contributed by atoms with E-state index in [1.54, 1.807) is 19.1 Å². The molecule has 0 spiro atoms. The van der Waals surface area contributed by atoms with Gasteiger partial charge in [-0.15, -0.1) is 11.3 Å². The molecule has 3 rings (SSSR count). The standard InChI is InChI=1S/C19H26FN3O2S2/c1-4-16-6-8-19(26-16)27(24,25)21-14(2)17-13-15(20)5-7-18(17)23-11-9-22(3)10-12-23/h5-8,13-14,21H,4,9-12H2,1-3H3. The average molecular weight is 412 g/mol. The molecule has 1 atom stereocenters.